The van der Waals surface area contributed by atoms with E-state index in [9.17, 15) is 28.3 Å². The summed E-state index contributed by atoms with van der Waals surface area (Å²) in [6.07, 6.45) is 1.85. The number of likely N-dealkylation sites (tertiary alicyclic amines) is 1. The van der Waals surface area contributed by atoms with Crippen LogP contribution in [0.4, 0.5) is 14.5 Å². The van der Waals surface area contributed by atoms with Crippen LogP contribution in [0.15, 0.2) is 42.5 Å². The number of amides is 2. The Morgan fingerprint density at radius 1 is 1.00 bits per heavy atom. The number of halogens is 2. The van der Waals surface area contributed by atoms with E-state index in [1.54, 1.807) is 0 Å². The molecule has 1 aliphatic heterocycles. The highest BCUT2D eigenvalue weighted by atomic mass is 19.1. The van der Waals surface area contributed by atoms with Crippen LogP contribution in [0.3, 0.4) is 0 Å². The summed E-state index contributed by atoms with van der Waals surface area (Å²) in [6.45, 7) is 0.342. The maximum Gasteiger partial charge on any atom is 0.326 e. The lowest BCUT2D eigenvalue weighted by Gasteiger charge is -2.33. The average molecular weight is 388 g/mol. The third-order valence-electron chi connectivity index (χ3n) is 4.54. The Bertz CT molecular complexity index is 912. The minimum absolute atomic E-state index is 0.198. The van der Waals surface area contributed by atoms with Gasteiger partial charge in [-0.15, -0.1) is 0 Å². The van der Waals surface area contributed by atoms with Crippen molar-refractivity contribution in [1.29, 1.82) is 0 Å². The molecule has 1 heterocycles. The van der Waals surface area contributed by atoms with E-state index in [1.807, 2.05) is 0 Å². The summed E-state index contributed by atoms with van der Waals surface area (Å²) in [7, 11) is 0. The molecule has 0 aromatic heterocycles. The van der Waals surface area contributed by atoms with E-state index in [2.05, 4.69) is 5.32 Å². The molecule has 0 radical (unpaired) electrons. The lowest BCUT2D eigenvalue weighted by molar-refractivity contribution is -0.143. The molecule has 2 amide bonds. The topological polar surface area (TPSA) is 86.7 Å². The number of benzene rings is 2. The Morgan fingerprint density at radius 2 is 1.71 bits per heavy atom. The lowest BCUT2D eigenvalue weighted by atomic mass is 10.0. The molecular weight excluding hydrogens is 370 g/mol. The van der Waals surface area contributed by atoms with Gasteiger partial charge in [0.2, 0.25) is 0 Å². The number of anilines is 1. The van der Waals surface area contributed by atoms with Gasteiger partial charge >= 0.3 is 5.97 Å². The van der Waals surface area contributed by atoms with Crippen LogP contribution in [0.25, 0.3) is 0 Å². The zero-order valence-electron chi connectivity index (χ0n) is 14.8. The SMILES string of the molecule is O=C(Nc1cccc(C(=O)N2CCCCC2C(=O)O)c1)c1cc(F)cc(F)c1. The first kappa shape index (κ1) is 19.5. The largest absolute Gasteiger partial charge is 0.480 e. The fraction of sp³-hybridized carbons (Fsp3) is 0.250. The Labute approximate surface area is 159 Å². The van der Waals surface area contributed by atoms with Gasteiger partial charge in [0.15, 0.2) is 0 Å². The van der Waals surface area contributed by atoms with Crippen molar-refractivity contribution >= 4 is 23.5 Å². The van der Waals surface area contributed by atoms with Gasteiger partial charge in [-0.2, -0.15) is 0 Å². The molecule has 146 valence electrons. The van der Waals surface area contributed by atoms with Crippen molar-refractivity contribution in [2.24, 2.45) is 0 Å². The summed E-state index contributed by atoms with van der Waals surface area (Å²) in [6, 6.07) is 7.57. The molecule has 3 rings (SSSR count). The Morgan fingerprint density at radius 3 is 2.39 bits per heavy atom. The highest BCUT2D eigenvalue weighted by molar-refractivity contribution is 6.05. The fourth-order valence-corrected chi connectivity index (χ4v) is 3.22. The molecule has 6 nitrogen and oxygen atoms in total. The number of carbonyl (C=O) groups excluding carboxylic acids is 2. The minimum atomic E-state index is -1.05. The summed E-state index contributed by atoms with van der Waals surface area (Å²) >= 11 is 0. The Balaban J connectivity index is 1.79. The number of piperidine rings is 1. The lowest BCUT2D eigenvalue weighted by Crippen LogP contribution is -2.48. The molecular formula is C20H18F2N2O4. The predicted molar refractivity (Wildman–Crippen MR) is 97.1 cm³/mol. The third-order valence-corrected chi connectivity index (χ3v) is 4.54. The van der Waals surface area contributed by atoms with Crippen LogP contribution < -0.4 is 5.32 Å². The van der Waals surface area contributed by atoms with Gasteiger partial charge in [-0.25, -0.2) is 13.6 Å². The molecule has 1 saturated heterocycles. The molecule has 2 aromatic carbocycles. The van der Waals surface area contributed by atoms with E-state index >= 15 is 0 Å². The van der Waals surface area contributed by atoms with E-state index in [0.29, 0.717) is 19.0 Å². The van der Waals surface area contributed by atoms with Gasteiger partial charge in [-0.05, 0) is 49.6 Å². The summed E-state index contributed by atoms with van der Waals surface area (Å²) in [5.74, 6) is -3.98. The molecule has 1 aliphatic rings. The van der Waals surface area contributed by atoms with Gasteiger partial charge < -0.3 is 15.3 Å². The Hall–Kier alpha value is -3.29. The number of hydrogen-bond acceptors (Lipinski definition) is 3. The maximum atomic E-state index is 13.3. The van der Waals surface area contributed by atoms with Crippen molar-refractivity contribution in [2.75, 3.05) is 11.9 Å². The molecule has 28 heavy (non-hydrogen) atoms. The number of nitrogens with one attached hydrogen (secondary N) is 1. The van der Waals surface area contributed by atoms with E-state index in [0.717, 1.165) is 25.0 Å². The molecule has 1 fully saturated rings. The minimum Gasteiger partial charge on any atom is -0.480 e. The van der Waals surface area contributed by atoms with Gasteiger partial charge in [0.1, 0.15) is 17.7 Å². The summed E-state index contributed by atoms with van der Waals surface area (Å²) in [5, 5.41) is 11.8. The molecule has 0 bridgehead atoms. The molecule has 0 spiro atoms. The highest BCUT2D eigenvalue weighted by Gasteiger charge is 2.32. The molecule has 2 aromatic rings. The molecule has 2 N–H and O–H groups in total. The average Bonchev–Trinajstić information content (AvgIpc) is 2.66. The normalized spacial score (nSPS) is 16.5. The summed E-state index contributed by atoms with van der Waals surface area (Å²) in [4.78, 5) is 37.7. The molecule has 0 saturated carbocycles. The highest BCUT2D eigenvalue weighted by Crippen LogP contribution is 2.22. The number of carboxylic acids is 1. The van der Waals surface area contributed by atoms with Crippen molar-refractivity contribution < 1.29 is 28.3 Å². The van der Waals surface area contributed by atoms with Crippen molar-refractivity contribution in [3.8, 4) is 0 Å². The standard InChI is InChI=1S/C20H18F2N2O4/c21-14-8-13(9-15(22)11-14)18(25)23-16-5-3-4-12(10-16)19(26)24-7-2-1-6-17(24)20(27)28/h3-5,8-11,17H,1-2,6-7H2,(H,23,25)(H,27,28). The first-order chi connectivity index (χ1) is 13.3. The molecule has 8 heteroatoms. The third kappa shape index (κ3) is 4.33. The number of rotatable bonds is 4. The van der Waals surface area contributed by atoms with Gasteiger partial charge in [0, 0.05) is 29.4 Å². The van der Waals surface area contributed by atoms with E-state index in [4.69, 9.17) is 0 Å². The van der Waals surface area contributed by atoms with Crippen LogP contribution in [0.2, 0.25) is 0 Å². The first-order valence-corrected chi connectivity index (χ1v) is 8.76. The smallest absolute Gasteiger partial charge is 0.326 e. The van der Waals surface area contributed by atoms with E-state index in [-0.39, 0.29) is 16.8 Å². The fourth-order valence-electron chi connectivity index (χ4n) is 3.22. The zero-order chi connectivity index (χ0) is 20.3. The molecule has 1 atom stereocenters. The number of hydrogen-bond donors (Lipinski definition) is 2. The monoisotopic (exact) mass is 388 g/mol. The van der Waals surface area contributed by atoms with Crippen molar-refractivity contribution in [1.82, 2.24) is 4.90 Å². The second kappa shape index (κ2) is 8.16. The molecule has 1 unspecified atom stereocenters. The first-order valence-electron chi connectivity index (χ1n) is 8.76. The number of aliphatic carboxylic acids is 1. The van der Waals surface area contributed by atoms with Crippen molar-refractivity contribution in [3.63, 3.8) is 0 Å². The second-order valence-corrected chi connectivity index (χ2v) is 6.54. The maximum absolute atomic E-state index is 13.3. The van der Waals surface area contributed by atoms with Gasteiger partial charge in [-0.1, -0.05) is 6.07 Å². The summed E-state index contributed by atoms with van der Waals surface area (Å²) in [5.41, 5.74) is 0.275. The van der Waals surface area contributed by atoms with Crippen LogP contribution in [-0.2, 0) is 4.79 Å². The number of carboxylic acid groups (broad SMARTS) is 1. The van der Waals surface area contributed by atoms with E-state index < -0.39 is 35.5 Å². The van der Waals surface area contributed by atoms with Crippen LogP contribution in [-0.4, -0.2) is 40.4 Å². The quantitative estimate of drug-likeness (QED) is 0.842. The van der Waals surface area contributed by atoms with Gasteiger partial charge in [0.05, 0.1) is 0 Å². The van der Waals surface area contributed by atoms with E-state index in [1.165, 1.54) is 29.2 Å². The van der Waals surface area contributed by atoms with Crippen LogP contribution in [0.5, 0.6) is 0 Å². The predicted octanol–water partition coefficient (Wildman–Crippen LogP) is 3.30. The summed E-state index contributed by atoms with van der Waals surface area (Å²) < 4.78 is 26.6. The zero-order valence-corrected chi connectivity index (χ0v) is 14.8. The van der Waals surface area contributed by atoms with Gasteiger partial charge in [0.25, 0.3) is 11.8 Å². The van der Waals surface area contributed by atoms with Gasteiger partial charge in [-0.3, -0.25) is 9.59 Å². The second-order valence-electron chi connectivity index (χ2n) is 6.54. The Kier molecular flexibility index (Phi) is 5.67. The van der Waals surface area contributed by atoms with Crippen LogP contribution in [0.1, 0.15) is 40.0 Å². The van der Waals surface area contributed by atoms with Crippen molar-refractivity contribution in [3.05, 3.63) is 65.2 Å². The van der Waals surface area contributed by atoms with Crippen molar-refractivity contribution in [2.45, 2.75) is 25.3 Å². The molecule has 0 aliphatic carbocycles. The van der Waals surface area contributed by atoms with Crippen LogP contribution >= 0.6 is 0 Å². The van der Waals surface area contributed by atoms with Crippen LogP contribution in [0, 0.1) is 11.6 Å². The number of carbonyl (C=O) groups is 3. The number of nitrogens with zero attached hydrogens (tertiary/aromatic N) is 1.